The van der Waals surface area contributed by atoms with Gasteiger partial charge >= 0.3 is 0 Å². The number of anilines is 2. The van der Waals surface area contributed by atoms with Crippen molar-refractivity contribution in [2.75, 3.05) is 50.5 Å². The summed E-state index contributed by atoms with van der Waals surface area (Å²) in [6.45, 7) is 3.64. The Bertz CT molecular complexity index is 428. The van der Waals surface area contributed by atoms with Gasteiger partial charge in [-0.15, -0.1) is 0 Å². The molecule has 0 atom stereocenters. The van der Waals surface area contributed by atoms with E-state index >= 15 is 0 Å². The van der Waals surface area contributed by atoms with Crippen LogP contribution in [0.15, 0.2) is 24.3 Å². The fourth-order valence-corrected chi connectivity index (χ4v) is 2.32. The third kappa shape index (κ3) is 3.38. The van der Waals surface area contributed by atoms with Gasteiger partial charge in [-0.25, -0.2) is 0 Å². The second-order valence-electron chi connectivity index (χ2n) is 4.67. The molecule has 1 aliphatic rings. The number of ether oxygens (including phenoxy) is 1. The molecule has 19 heavy (non-hydrogen) atoms. The van der Waals surface area contributed by atoms with Gasteiger partial charge in [0.2, 0.25) is 5.91 Å². The third-order valence-electron chi connectivity index (χ3n) is 3.43. The Morgan fingerprint density at radius 1 is 1.26 bits per heavy atom. The molecule has 1 heterocycles. The molecule has 1 aromatic carbocycles. The van der Waals surface area contributed by atoms with Crippen molar-refractivity contribution in [1.29, 1.82) is 0 Å². The predicted octanol–water partition coefficient (Wildman–Crippen LogP) is 0.954. The molecule has 2 rings (SSSR count). The fourth-order valence-electron chi connectivity index (χ4n) is 2.32. The van der Waals surface area contributed by atoms with E-state index in [9.17, 15) is 4.79 Å². The Morgan fingerprint density at radius 3 is 2.58 bits per heavy atom. The lowest BCUT2D eigenvalue weighted by Crippen LogP contribution is -2.49. The highest BCUT2D eigenvalue weighted by Gasteiger charge is 2.21. The number of nitrogens with zero attached hydrogens (tertiary/aromatic N) is 2. The number of benzene rings is 1. The normalized spacial score (nSPS) is 15.6. The van der Waals surface area contributed by atoms with E-state index in [2.05, 4.69) is 4.90 Å². The zero-order valence-electron chi connectivity index (χ0n) is 11.3. The SMILES string of the molecule is COCCC(=O)N1CCN(c2ccccc2N)CC1. The molecule has 1 saturated heterocycles. The molecule has 5 nitrogen and oxygen atoms in total. The monoisotopic (exact) mass is 263 g/mol. The Kier molecular flexibility index (Phi) is 4.63. The number of hydrogen-bond donors (Lipinski definition) is 1. The molecular formula is C14H21N3O2. The summed E-state index contributed by atoms with van der Waals surface area (Å²) in [6.07, 6.45) is 0.462. The van der Waals surface area contributed by atoms with Crippen LogP contribution in [0.2, 0.25) is 0 Å². The van der Waals surface area contributed by atoms with Gasteiger partial charge in [-0.05, 0) is 12.1 Å². The Labute approximate surface area is 113 Å². The Morgan fingerprint density at radius 2 is 1.95 bits per heavy atom. The number of carbonyl (C=O) groups excluding carboxylic acids is 1. The highest BCUT2D eigenvalue weighted by atomic mass is 16.5. The summed E-state index contributed by atoms with van der Waals surface area (Å²) in [6, 6.07) is 7.86. The van der Waals surface area contributed by atoms with Crippen LogP contribution in [0.4, 0.5) is 11.4 Å². The van der Waals surface area contributed by atoms with Crippen LogP contribution < -0.4 is 10.6 Å². The van der Waals surface area contributed by atoms with Crippen LogP contribution in [0.1, 0.15) is 6.42 Å². The van der Waals surface area contributed by atoms with Crippen LogP contribution in [-0.2, 0) is 9.53 Å². The molecule has 0 radical (unpaired) electrons. The Balaban J connectivity index is 1.89. The van der Waals surface area contributed by atoms with Crippen LogP contribution in [0.3, 0.4) is 0 Å². The number of hydrogen-bond acceptors (Lipinski definition) is 4. The second-order valence-corrected chi connectivity index (χ2v) is 4.67. The molecule has 0 saturated carbocycles. The molecule has 1 aliphatic heterocycles. The maximum atomic E-state index is 11.9. The molecule has 0 aromatic heterocycles. The number of nitrogen functional groups attached to an aromatic ring is 1. The number of para-hydroxylation sites is 2. The number of nitrogens with two attached hydrogens (primary N) is 1. The maximum Gasteiger partial charge on any atom is 0.225 e. The number of amides is 1. The van der Waals surface area contributed by atoms with Crippen molar-refractivity contribution in [3.8, 4) is 0 Å². The van der Waals surface area contributed by atoms with E-state index in [0.29, 0.717) is 13.0 Å². The lowest BCUT2D eigenvalue weighted by molar-refractivity contribution is -0.132. The van der Waals surface area contributed by atoms with E-state index in [1.165, 1.54) is 0 Å². The van der Waals surface area contributed by atoms with Gasteiger partial charge in [-0.2, -0.15) is 0 Å². The van der Waals surface area contributed by atoms with Crippen LogP contribution in [-0.4, -0.2) is 50.7 Å². The summed E-state index contributed by atoms with van der Waals surface area (Å²) in [5, 5.41) is 0. The van der Waals surface area contributed by atoms with Crippen molar-refractivity contribution < 1.29 is 9.53 Å². The zero-order chi connectivity index (χ0) is 13.7. The fraction of sp³-hybridized carbons (Fsp3) is 0.500. The highest BCUT2D eigenvalue weighted by molar-refractivity contribution is 5.77. The van der Waals surface area contributed by atoms with Crippen LogP contribution in [0.5, 0.6) is 0 Å². The summed E-state index contributed by atoms with van der Waals surface area (Å²) in [4.78, 5) is 16.0. The van der Waals surface area contributed by atoms with Crippen molar-refractivity contribution in [2.45, 2.75) is 6.42 Å². The highest BCUT2D eigenvalue weighted by Crippen LogP contribution is 2.23. The second kappa shape index (κ2) is 6.43. The quantitative estimate of drug-likeness (QED) is 0.822. The maximum absolute atomic E-state index is 11.9. The largest absolute Gasteiger partial charge is 0.397 e. The van der Waals surface area contributed by atoms with Gasteiger partial charge in [-0.1, -0.05) is 12.1 Å². The molecule has 0 bridgehead atoms. The van der Waals surface area contributed by atoms with E-state index in [-0.39, 0.29) is 5.91 Å². The first-order chi connectivity index (χ1) is 9.22. The van der Waals surface area contributed by atoms with Gasteiger partial charge in [-0.3, -0.25) is 4.79 Å². The number of carbonyl (C=O) groups is 1. The van der Waals surface area contributed by atoms with Crippen molar-refractivity contribution in [1.82, 2.24) is 4.90 Å². The molecule has 1 aromatic rings. The lowest BCUT2D eigenvalue weighted by atomic mass is 10.2. The molecule has 1 amide bonds. The van der Waals surface area contributed by atoms with Crippen molar-refractivity contribution in [3.05, 3.63) is 24.3 Å². The molecule has 104 valence electrons. The zero-order valence-corrected chi connectivity index (χ0v) is 11.3. The van der Waals surface area contributed by atoms with Crippen LogP contribution in [0.25, 0.3) is 0 Å². The molecular weight excluding hydrogens is 242 g/mol. The van der Waals surface area contributed by atoms with Gasteiger partial charge in [0, 0.05) is 33.3 Å². The molecule has 5 heteroatoms. The van der Waals surface area contributed by atoms with Crippen molar-refractivity contribution in [3.63, 3.8) is 0 Å². The van der Waals surface area contributed by atoms with E-state index in [1.807, 2.05) is 29.2 Å². The molecule has 2 N–H and O–H groups in total. The Hall–Kier alpha value is -1.75. The number of piperazine rings is 1. The van der Waals surface area contributed by atoms with E-state index in [1.54, 1.807) is 7.11 Å². The first kappa shape index (κ1) is 13.7. The molecule has 0 unspecified atom stereocenters. The van der Waals surface area contributed by atoms with E-state index in [0.717, 1.165) is 37.6 Å². The standard InChI is InChI=1S/C14H21N3O2/c1-19-11-6-14(18)17-9-7-16(8-10-17)13-5-3-2-4-12(13)15/h2-5H,6-11,15H2,1H3. The van der Waals surface area contributed by atoms with Gasteiger partial charge in [0.15, 0.2) is 0 Å². The van der Waals surface area contributed by atoms with Crippen LogP contribution in [0, 0.1) is 0 Å². The topological polar surface area (TPSA) is 58.8 Å². The van der Waals surface area contributed by atoms with E-state index in [4.69, 9.17) is 10.5 Å². The third-order valence-corrected chi connectivity index (χ3v) is 3.43. The minimum Gasteiger partial charge on any atom is -0.397 e. The summed E-state index contributed by atoms with van der Waals surface area (Å²) in [7, 11) is 1.61. The summed E-state index contributed by atoms with van der Waals surface area (Å²) < 4.78 is 4.94. The number of methoxy groups -OCH3 is 1. The average Bonchev–Trinajstić information content (AvgIpc) is 2.45. The van der Waals surface area contributed by atoms with E-state index < -0.39 is 0 Å². The number of rotatable bonds is 4. The minimum atomic E-state index is 0.169. The summed E-state index contributed by atoms with van der Waals surface area (Å²) in [5.74, 6) is 0.169. The lowest BCUT2D eigenvalue weighted by Gasteiger charge is -2.36. The first-order valence-electron chi connectivity index (χ1n) is 6.58. The molecule has 1 fully saturated rings. The molecule has 0 spiro atoms. The first-order valence-corrected chi connectivity index (χ1v) is 6.58. The predicted molar refractivity (Wildman–Crippen MR) is 76.1 cm³/mol. The average molecular weight is 263 g/mol. The van der Waals surface area contributed by atoms with Gasteiger partial charge in [0.25, 0.3) is 0 Å². The van der Waals surface area contributed by atoms with Crippen LogP contribution >= 0.6 is 0 Å². The smallest absolute Gasteiger partial charge is 0.225 e. The summed E-state index contributed by atoms with van der Waals surface area (Å²) >= 11 is 0. The molecule has 0 aliphatic carbocycles. The van der Waals surface area contributed by atoms with Gasteiger partial charge in [0.05, 0.1) is 24.4 Å². The van der Waals surface area contributed by atoms with Gasteiger partial charge < -0.3 is 20.3 Å². The minimum absolute atomic E-state index is 0.169. The van der Waals surface area contributed by atoms with Crippen molar-refractivity contribution in [2.24, 2.45) is 0 Å². The van der Waals surface area contributed by atoms with Crippen molar-refractivity contribution >= 4 is 17.3 Å². The summed E-state index contributed by atoms with van der Waals surface area (Å²) in [5.41, 5.74) is 7.83. The van der Waals surface area contributed by atoms with Gasteiger partial charge in [0.1, 0.15) is 0 Å².